The fraction of sp³-hybridized carbons (Fsp3) is 0.600. The van der Waals surface area contributed by atoms with Crippen LogP contribution in [-0.4, -0.2) is 44.1 Å². The van der Waals surface area contributed by atoms with E-state index in [1.165, 1.54) is 4.31 Å². The molecule has 1 N–H and O–H groups in total. The number of ether oxygens (including phenoxy) is 1. The Morgan fingerprint density at radius 3 is 2.57 bits per heavy atom. The van der Waals surface area contributed by atoms with Gasteiger partial charge in [-0.25, -0.2) is 12.7 Å². The largest absolute Gasteiger partial charge is 0.494 e. The molecule has 1 saturated carbocycles. The minimum Gasteiger partial charge on any atom is -0.494 e. The molecule has 21 heavy (non-hydrogen) atoms. The number of benzene rings is 1. The van der Waals surface area contributed by atoms with E-state index >= 15 is 0 Å². The maximum absolute atomic E-state index is 12.5. The molecular weight excluding hydrogens is 290 g/mol. The summed E-state index contributed by atoms with van der Waals surface area (Å²) in [5.74, 6) is 0.963. The summed E-state index contributed by atoms with van der Waals surface area (Å²) in [5, 5.41) is 9.29. The molecule has 0 saturated heterocycles. The Hall–Kier alpha value is -1.11. The lowest BCUT2D eigenvalue weighted by Gasteiger charge is -2.34. The Bertz CT molecular complexity index is 594. The van der Waals surface area contributed by atoms with Crippen molar-refractivity contribution in [2.24, 2.45) is 5.92 Å². The van der Waals surface area contributed by atoms with Crippen LogP contribution in [0, 0.1) is 12.8 Å². The van der Waals surface area contributed by atoms with Crippen molar-refractivity contribution in [3.8, 4) is 5.75 Å². The molecule has 0 radical (unpaired) electrons. The van der Waals surface area contributed by atoms with E-state index in [-0.39, 0.29) is 16.9 Å². The topological polar surface area (TPSA) is 66.8 Å². The van der Waals surface area contributed by atoms with Crippen molar-refractivity contribution in [2.75, 3.05) is 20.2 Å². The fourth-order valence-corrected chi connectivity index (χ4v) is 3.92. The predicted octanol–water partition coefficient (Wildman–Crippen LogP) is 1.79. The van der Waals surface area contributed by atoms with Crippen molar-refractivity contribution < 1.29 is 18.3 Å². The van der Waals surface area contributed by atoms with Gasteiger partial charge in [0.25, 0.3) is 0 Å². The molecule has 1 aliphatic rings. The third-order valence-electron chi connectivity index (χ3n) is 3.88. The van der Waals surface area contributed by atoms with Crippen LogP contribution in [0.4, 0.5) is 0 Å². The van der Waals surface area contributed by atoms with Crippen LogP contribution in [0.15, 0.2) is 23.1 Å². The second-order valence-corrected chi connectivity index (χ2v) is 7.68. The van der Waals surface area contributed by atoms with Crippen LogP contribution in [0.1, 0.15) is 25.3 Å². The van der Waals surface area contributed by atoms with Crippen LogP contribution in [-0.2, 0) is 10.0 Å². The third-order valence-corrected chi connectivity index (χ3v) is 5.70. The second-order valence-electron chi connectivity index (χ2n) is 5.64. The summed E-state index contributed by atoms with van der Waals surface area (Å²) in [6.45, 7) is 4.74. The standard InChI is InChI=1S/C15H23NO4S/c1-4-20-15-6-5-14(7-11(15)2)21(18,19)16(3)10-12-8-13(17)9-12/h5-7,12-13,17H,4,8-10H2,1-3H3. The first-order valence-electron chi connectivity index (χ1n) is 7.22. The number of aryl methyl sites for hydroxylation is 1. The predicted molar refractivity (Wildman–Crippen MR) is 80.9 cm³/mol. The van der Waals surface area contributed by atoms with Crippen LogP contribution < -0.4 is 4.74 Å². The van der Waals surface area contributed by atoms with Gasteiger partial charge in [0.1, 0.15) is 5.75 Å². The third kappa shape index (κ3) is 3.56. The van der Waals surface area contributed by atoms with Gasteiger partial charge < -0.3 is 9.84 Å². The molecule has 0 amide bonds. The maximum atomic E-state index is 12.5. The first-order chi connectivity index (χ1) is 9.84. The van der Waals surface area contributed by atoms with Crippen molar-refractivity contribution in [2.45, 2.75) is 37.7 Å². The summed E-state index contributed by atoms with van der Waals surface area (Å²) in [4.78, 5) is 0.283. The van der Waals surface area contributed by atoms with E-state index in [4.69, 9.17) is 4.74 Å². The van der Waals surface area contributed by atoms with Crippen LogP contribution >= 0.6 is 0 Å². The van der Waals surface area contributed by atoms with Gasteiger partial charge in [-0.05, 0) is 56.4 Å². The van der Waals surface area contributed by atoms with Crippen molar-refractivity contribution >= 4 is 10.0 Å². The molecule has 0 heterocycles. The average Bonchev–Trinajstić information content (AvgIpc) is 2.39. The summed E-state index contributed by atoms with van der Waals surface area (Å²) in [5.41, 5.74) is 0.811. The van der Waals surface area contributed by atoms with Crippen LogP contribution in [0.2, 0.25) is 0 Å². The zero-order chi connectivity index (χ0) is 15.6. The molecule has 1 aromatic carbocycles. The number of hydrogen-bond acceptors (Lipinski definition) is 4. The van der Waals surface area contributed by atoms with E-state index in [0.29, 0.717) is 31.7 Å². The highest BCUT2D eigenvalue weighted by molar-refractivity contribution is 7.89. The summed E-state index contributed by atoms with van der Waals surface area (Å²) >= 11 is 0. The number of sulfonamides is 1. The maximum Gasteiger partial charge on any atom is 0.242 e. The Labute approximate surface area is 126 Å². The number of aliphatic hydroxyl groups excluding tert-OH is 1. The van der Waals surface area contributed by atoms with Gasteiger partial charge in [-0.1, -0.05) is 0 Å². The lowest BCUT2D eigenvalue weighted by atomic mass is 9.82. The molecule has 0 aromatic heterocycles. The van der Waals surface area contributed by atoms with E-state index in [2.05, 4.69) is 0 Å². The molecule has 0 atom stereocenters. The highest BCUT2D eigenvalue weighted by atomic mass is 32.2. The van der Waals surface area contributed by atoms with Gasteiger partial charge in [-0.2, -0.15) is 0 Å². The molecule has 5 nitrogen and oxygen atoms in total. The Morgan fingerprint density at radius 2 is 2.05 bits per heavy atom. The molecule has 0 bridgehead atoms. The summed E-state index contributed by atoms with van der Waals surface area (Å²) in [6, 6.07) is 4.93. The minimum absolute atomic E-state index is 0.253. The number of nitrogens with zero attached hydrogens (tertiary/aromatic N) is 1. The van der Waals surface area contributed by atoms with Crippen molar-refractivity contribution in [1.29, 1.82) is 0 Å². The van der Waals surface area contributed by atoms with Gasteiger partial charge >= 0.3 is 0 Å². The molecule has 1 aromatic rings. The Kier molecular flexibility index (Phi) is 4.91. The molecule has 6 heteroatoms. The molecule has 0 unspecified atom stereocenters. The summed E-state index contributed by atoms with van der Waals surface area (Å²) in [7, 11) is -1.90. The Morgan fingerprint density at radius 1 is 1.38 bits per heavy atom. The smallest absolute Gasteiger partial charge is 0.242 e. The molecule has 0 spiro atoms. The summed E-state index contributed by atoms with van der Waals surface area (Å²) in [6.07, 6.45) is 1.10. The van der Waals surface area contributed by atoms with Gasteiger partial charge in [0.05, 0.1) is 17.6 Å². The van der Waals surface area contributed by atoms with Crippen molar-refractivity contribution in [1.82, 2.24) is 4.31 Å². The molecule has 118 valence electrons. The molecule has 1 aliphatic carbocycles. The Balaban J connectivity index is 2.13. The number of hydrogen-bond donors (Lipinski definition) is 1. The summed E-state index contributed by atoms with van der Waals surface area (Å²) < 4.78 is 31.9. The van der Waals surface area contributed by atoms with Gasteiger partial charge in [0.2, 0.25) is 10.0 Å². The first-order valence-corrected chi connectivity index (χ1v) is 8.66. The van der Waals surface area contributed by atoms with E-state index < -0.39 is 10.0 Å². The van der Waals surface area contributed by atoms with Gasteiger partial charge in [-0.15, -0.1) is 0 Å². The fourth-order valence-electron chi connectivity index (χ4n) is 2.59. The lowest BCUT2D eigenvalue weighted by Crippen LogP contribution is -2.39. The molecule has 2 rings (SSSR count). The lowest BCUT2D eigenvalue weighted by molar-refractivity contribution is 0.0367. The second kappa shape index (κ2) is 6.34. The van der Waals surface area contributed by atoms with Gasteiger partial charge in [0.15, 0.2) is 0 Å². The van der Waals surface area contributed by atoms with E-state index in [9.17, 15) is 13.5 Å². The number of rotatable bonds is 6. The van der Waals surface area contributed by atoms with E-state index in [1.807, 2.05) is 13.8 Å². The van der Waals surface area contributed by atoms with Crippen LogP contribution in [0.3, 0.4) is 0 Å². The highest BCUT2D eigenvalue weighted by Crippen LogP contribution is 2.30. The van der Waals surface area contributed by atoms with Crippen LogP contribution in [0.25, 0.3) is 0 Å². The van der Waals surface area contributed by atoms with Crippen molar-refractivity contribution in [3.63, 3.8) is 0 Å². The van der Waals surface area contributed by atoms with Crippen molar-refractivity contribution in [3.05, 3.63) is 23.8 Å². The quantitative estimate of drug-likeness (QED) is 0.869. The van der Waals surface area contributed by atoms with E-state index in [0.717, 1.165) is 5.56 Å². The SMILES string of the molecule is CCOc1ccc(S(=O)(=O)N(C)CC2CC(O)C2)cc1C. The van der Waals surface area contributed by atoms with Crippen LogP contribution in [0.5, 0.6) is 5.75 Å². The van der Waals surface area contributed by atoms with Gasteiger partial charge in [-0.3, -0.25) is 0 Å². The zero-order valence-corrected chi connectivity index (χ0v) is 13.6. The minimum atomic E-state index is -3.49. The molecular formula is C15H23NO4S. The average molecular weight is 313 g/mol. The normalized spacial score (nSPS) is 22.1. The van der Waals surface area contributed by atoms with Gasteiger partial charge in [0, 0.05) is 13.6 Å². The number of aliphatic hydroxyl groups is 1. The van der Waals surface area contributed by atoms with E-state index in [1.54, 1.807) is 25.2 Å². The molecule has 1 fully saturated rings. The first kappa shape index (κ1) is 16.3. The zero-order valence-electron chi connectivity index (χ0n) is 12.7. The highest BCUT2D eigenvalue weighted by Gasteiger charge is 2.31. The molecule has 0 aliphatic heterocycles. The monoisotopic (exact) mass is 313 g/mol.